The van der Waals surface area contributed by atoms with Gasteiger partial charge in [0.1, 0.15) is 6.04 Å². The van der Waals surface area contributed by atoms with Crippen LogP contribution in [0.15, 0.2) is 53.1 Å². The fraction of sp³-hybridized carbons (Fsp3) is 0.458. The van der Waals surface area contributed by atoms with Gasteiger partial charge in [-0.05, 0) is 30.5 Å². The zero-order valence-corrected chi connectivity index (χ0v) is 18.1. The van der Waals surface area contributed by atoms with Gasteiger partial charge in [-0.25, -0.2) is 0 Å². The largest absolute Gasteiger partial charge is 0.459 e. The molecule has 1 saturated carbocycles. The summed E-state index contributed by atoms with van der Waals surface area (Å²) in [4.78, 5) is 42.0. The van der Waals surface area contributed by atoms with Gasteiger partial charge in [-0.2, -0.15) is 0 Å². The molecule has 0 spiro atoms. The maximum atomic E-state index is 13.2. The molecule has 32 heavy (non-hydrogen) atoms. The molecular weight excluding hydrogens is 408 g/mol. The van der Waals surface area contributed by atoms with Crippen molar-refractivity contribution in [1.82, 2.24) is 15.1 Å². The molecule has 1 saturated heterocycles. The number of benzene rings is 1. The standard InChI is InChI=1S/C24H30N4O4/c25-22(29)21(17-7-2-1-3-8-17)26-23(30)18-9-4-5-10-19(18)27-12-14-28(15-13-27)24(31)20-11-6-16-32-20/h1-3,6-8,11,16,18-19,21H,4-5,9-10,12-15H2,(H2,25,29)(H,26,30)/t18-,19-,21+/m1/s1. The van der Waals surface area contributed by atoms with Crippen molar-refractivity contribution in [3.05, 3.63) is 60.1 Å². The number of primary amides is 1. The molecule has 2 aliphatic rings. The molecule has 0 unspecified atom stereocenters. The molecule has 3 amide bonds. The predicted octanol–water partition coefficient (Wildman–Crippen LogP) is 1.94. The number of rotatable bonds is 6. The molecule has 1 aromatic carbocycles. The van der Waals surface area contributed by atoms with E-state index in [9.17, 15) is 14.4 Å². The highest BCUT2D eigenvalue weighted by Gasteiger charge is 2.38. The first-order valence-corrected chi connectivity index (χ1v) is 11.3. The average molecular weight is 439 g/mol. The van der Waals surface area contributed by atoms with E-state index in [0.717, 1.165) is 25.7 Å². The normalized spacial score (nSPS) is 22.8. The van der Waals surface area contributed by atoms with Crippen LogP contribution in [0.5, 0.6) is 0 Å². The van der Waals surface area contributed by atoms with Crippen molar-refractivity contribution in [1.29, 1.82) is 0 Å². The lowest BCUT2D eigenvalue weighted by Gasteiger charge is -2.43. The fourth-order valence-electron chi connectivity index (χ4n) is 4.88. The average Bonchev–Trinajstić information content (AvgIpc) is 3.37. The van der Waals surface area contributed by atoms with E-state index in [1.165, 1.54) is 6.26 Å². The SMILES string of the molecule is NC(=O)[C@@H](NC(=O)[C@@H]1CCCC[C@H]1N1CCN(C(=O)c2ccco2)CC1)c1ccccc1. The minimum atomic E-state index is -0.839. The Labute approximate surface area is 187 Å². The summed E-state index contributed by atoms with van der Waals surface area (Å²) >= 11 is 0. The summed E-state index contributed by atoms with van der Waals surface area (Å²) in [6, 6.07) is 11.7. The molecule has 2 aromatic rings. The topological polar surface area (TPSA) is 109 Å². The van der Waals surface area contributed by atoms with Crippen molar-refractivity contribution in [2.24, 2.45) is 11.7 Å². The molecule has 8 heteroatoms. The molecule has 2 fully saturated rings. The van der Waals surface area contributed by atoms with Gasteiger partial charge in [0.05, 0.1) is 12.2 Å². The van der Waals surface area contributed by atoms with Gasteiger partial charge in [-0.1, -0.05) is 43.2 Å². The van der Waals surface area contributed by atoms with Crippen molar-refractivity contribution in [2.75, 3.05) is 26.2 Å². The van der Waals surface area contributed by atoms with E-state index in [4.69, 9.17) is 10.2 Å². The Kier molecular flexibility index (Phi) is 6.90. The molecule has 1 aromatic heterocycles. The minimum Gasteiger partial charge on any atom is -0.459 e. The Balaban J connectivity index is 1.40. The van der Waals surface area contributed by atoms with E-state index in [1.54, 1.807) is 29.2 Å². The summed E-state index contributed by atoms with van der Waals surface area (Å²) in [6.07, 6.45) is 5.26. The van der Waals surface area contributed by atoms with Crippen molar-refractivity contribution in [3.63, 3.8) is 0 Å². The predicted molar refractivity (Wildman–Crippen MR) is 118 cm³/mol. The zero-order chi connectivity index (χ0) is 22.5. The van der Waals surface area contributed by atoms with Gasteiger partial charge in [0.25, 0.3) is 5.91 Å². The summed E-state index contributed by atoms with van der Waals surface area (Å²) in [7, 11) is 0. The third-order valence-corrected chi connectivity index (χ3v) is 6.57. The maximum absolute atomic E-state index is 13.2. The lowest BCUT2D eigenvalue weighted by atomic mass is 9.82. The maximum Gasteiger partial charge on any atom is 0.289 e. The third kappa shape index (κ3) is 4.85. The van der Waals surface area contributed by atoms with Crippen LogP contribution in [0.25, 0.3) is 0 Å². The summed E-state index contributed by atoms with van der Waals surface area (Å²) in [6.45, 7) is 2.61. The molecule has 0 radical (unpaired) electrons. The van der Waals surface area contributed by atoms with E-state index >= 15 is 0 Å². The van der Waals surface area contributed by atoms with E-state index in [2.05, 4.69) is 10.2 Å². The quantitative estimate of drug-likeness (QED) is 0.716. The van der Waals surface area contributed by atoms with E-state index in [0.29, 0.717) is 37.5 Å². The molecule has 3 N–H and O–H groups in total. The van der Waals surface area contributed by atoms with Crippen LogP contribution in [0, 0.1) is 5.92 Å². The van der Waals surface area contributed by atoms with Gasteiger partial charge < -0.3 is 20.4 Å². The number of nitrogens with one attached hydrogen (secondary N) is 1. The highest BCUT2D eigenvalue weighted by molar-refractivity contribution is 5.91. The summed E-state index contributed by atoms with van der Waals surface area (Å²) in [5.41, 5.74) is 6.28. The summed E-state index contributed by atoms with van der Waals surface area (Å²) in [5, 5.41) is 2.90. The fourth-order valence-corrected chi connectivity index (χ4v) is 4.88. The monoisotopic (exact) mass is 438 g/mol. The Morgan fingerprint density at radius 1 is 0.969 bits per heavy atom. The van der Waals surface area contributed by atoms with E-state index in [-0.39, 0.29) is 23.8 Å². The summed E-state index contributed by atoms with van der Waals surface area (Å²) in [5.74, 6) is -0.647. The van der Waals surface area contributed by atoms with Crippen molar-refractivity contribution in [3.8, 4) is 0 Å². The van der Waals surface area contributed by atoms with E-state index < -0.39 is 11.9 Å². The molecule has 4 rings (SSSR count). The van der Waals surface area contributed by atoms with Crippen LogP contribution in [0.3, 0.4) is 0 Å². The first-order chi connectivity index (χ1) is 15.5. The second-order valence-corrected chi connectivity index (χ2v) is 8.52. The number of nitrogens with zero attached hydrogens (tertiary/aromatic N) is 2. The Morgan fingerprint density at radius 2 is 1.69 bits per heavy atom. The van der Waals surface area contributed by atoms with Crippen molar-refractivity contribution >= 4 is 17.7 Å². The van der Waals surface area contributed by atoms with Gasteiger partial charge in [0, 0.05) is 32.2 Å². The van der Waals surface area contributed by atoms with Crippen LogP contribution in [0.1, 0.15) is 47.8 Å². The third-order valence-electron chi connectivity index (χ3n) is 6.57. The Morgan fingerprint density at radius 3 is 2.34 bits per heavy atom. The number of nitrogens with two attached hydrogens (primary N) is 1. The van der Waals surface area contributed by atoms with Crippen molar-refractivity contribution in [2.45, 2.75) is 37.8 Å². The number of furan rings is 1. The molecule has 1 aliphatic heterocycles. The summed E-state index contributed by atoms with van der Waals surface area (Å²) < 4.78 is 5.24. The molecule has 170 valence electrons. The van der Waals surface area contributed by atoms with Crippen LogP contribution in [0.2, 0.25) is 0 Å². The smallest absolute Gasteiger partial charge is 0.289 e. The zero-order valence-electron chi connectivity index (χ0n) is 18.1. The number of hydrogen-bond acceptors (Lipinski definition) is 5. The molecule has 8 nitrogen and oxygen atoms in total. The molecule has 1 aliphatic carbocycles. The first kappa shape index (κ1) is 22.1. The van der Waals surface area contributed by atoms with Crippen molar-refractivity contribution < 1.29 is 18.8 Å². The molecule has 0 bridgehead atoms. The lowest BCUT2D eigenvalue weighted by molar-refractivity contribution is -0.133. The second kappa shape index (κ2) is 9.99. The number of amides is 3. The van der Waals surface area contributed by atoms with Gasteiger partial charge in [0.2, 0.25) is 11.8 Å². The van der Waals surface area contributed by atoms with Crippen LogP contribution in [-0.2, 0) is 9.59 Å². The van der Waals surface area contributed by atoms with Gasteiger partial charge in [0.15, 0.2) is 5.76 Å². The Bertz CT molecular complexity index is 923. The second-order valence-electron chi connectivity index (χ2n) is 8.52. The van der Waals surface area contributed by atoms with Crippen LogP contribution < -0.4 is 11.1 Å². The minimum absolute atomic E-state index is 0.0916. The number of hydrogen-bond donors (Lipinski definition) is 2. The van der Waals surface area contributed by atoms with Crippen LogP contribution in [0.4, 0.5) is 0 Å². The number of carbonyl (C=O) groups is 3. The molecular formula is C24H30N4O4. The molecule has 2 heterocycles. The number of carbonyl (C=O) groups excluding carboxylic acids is 3. The molecule has 3 atom stereocenters. The highest BCUT2D eigenvalue weighted by atomic mass is 16.3. The van der Waals surface area contributed by atoms with Gasteiger partial charge >= 0.3 is 0 Å². The van der Waals surface area contributed by atoms with Gasteiger partial charge in [-0.3, -0.25) is 19.3 Å². The van der Waals surface area contributed by atoms with E-state index in [1.807, 2.05) is 18.2 Å². The van der Waals surface area contributed by atoms with Gasteiger partial charge in [-0.15, -0.1) is 0 Å². The van der Waals surface area contributed by atoms with Crippen LogP contribution >= 0.6 is 0 Å². The first-order valence-electron chi connectivity index (χ1n) is 11.3. The van der Waals surface area contributed by atoms with Crippen LogP contribution in [-0.4, -0.2) is 59.7 Å². The number of piperazine rings is 1. The lowest BCUT2D eigenvalue weighted by Crippen LogP contribution is -2.56. The Hall–Kier alpha value is -3.13. The highest BCUT2D eigenvalue weighted by Crippen LogP contribution is 2.30.